The van der Waals surface area contributed by atoms with Crippen LogP contribution in [0.3, 0.4) is 0 Å². The third-order valence-corrected chi connectivity index (χ3v) is 2.57. The largest absolute Gasteiger partial charge is 0.383 e. The van der Waals surface area contributed by atoms with Crippen LogP contribution < -0.4 is 16.2 Å². The van der Waals surface area contributed by atoms with Crippen molar-refractivity contribution in [2.24, 2.45) is 5.73 Å². The Balaban J connectivity index is 2.85. The number of ether oxygens (including phenoxy) is 1. The minimum atomic E-state index is -0.143. The molecule has 0 bridgehead atoms. The normalized spacial score (nSPS) is 12.8. The standard InChI is InChI=1S/C12H22N4O2/c1-8(2)12-14-10(5-11(17)15-12)16(3)6-9(13)7-18-4/h5,8-9H,6-7,13H2,1-4H3,(H,14,15,17). The number of methoxy groups -OCH3 is 1. The lowest BCUT2D eigenvalue weighted by Gasteiger charge is -2.22. The van der Waals surface area contributed by atoms with Crippen molar-refractivity contribution in [2.45, 2.75) is 25.8 Å². The molecule has 0 aliphatic carbocycles. The van der Waals surface area contributed by atoms with Crippen LogP contribution in [-0.2, 0) is 4.74 Å². The summed E-state index contributed by atoms with van der Waals surface area (Å²) in [4.78, 5) is 20.6. The average Bonchev–Trinajstić information content (AvgIpc) is 2.28. The third-order valence-electron chi connectivity index (χ3n) is 2.57. The number of nitrogens with two attached hydrogens (primary N) is 1. The number of hydrogen-bond acceptors (Lipinski definition) is 5. The topological polar surface area (TPSA) is 84.2 Å². The quantitative estimate of drug-likeness (QED) is 0.763. The maximum Gasteiger partial charge on any atom is 0.252 e. The van der Waals surface area contributed by atoms with Crippen molar-refractivity contribution in [3.05, 3.63) is 22.2 Å². The number of nitrogens with one attached hydrogen (secondary N) is 1. The summed E-state index contributed by atoms with van der Waals surface area (Å²) in [6, 6.07) is 1.37. The van der Waals surface area contributed by atoms with Crippen molar-refractivity contribution < 1.29 is 4.74 Å². The number of nitrogens with zero attached hydrogens (tertiary/aromatic N) is 2. The van der Waals surface area contributed by atoms with Gasteiger partial charge in [-0.05, 0) is 0 Å². The first-order chi connectivity index (χ1) is 8.43. The van der Waals surface area contributed by atoms with Crippen LogP contribution in [0.15, 0.2) is 10.9 Å². The van der Waals surface area contributed by atoms with Crippen LogP contribution in [0.1, 0.15) is 25.6 Å². The molecule has 6 heteroatoms. The molecule has 18 heavy (non-hydrogen) atoms. The minimum Gasteiger partial charge on any atom is -0.383 e. The van der Waals surface area contributed by atoms with Crippen LogP contribution in [0.25, 0.3) is 0 Å². The highest BCUT2D eigenvalue weighted by atomic mass is 16.5. The highest BCUT2D eigenvalue weighted by Gasteiger charge is 2.11. The predicted octanol–water partition coefficient (Wildman–Crippen LogP) is 0.303. The first kappa shape index (κ1) is 14.7. The van der Waals surface area contributed by atoms with E-state index in [1.807, 2.05) is 25.8 Å². The van der Waals surface area contributed by atoms with E-state index in [9.17, 15) is 4.79 Å². The Morgan fingerprint density at radius 3 is 2.78 bits per heavy atom. The molecule has 0 saturated carbocycles. The molecule has 6 nitrogen and oxygen atoms in total. The Morgan fingerprint density at radius 1 is 1.56 bits per heavy atom. The summed E-state index contributed by atoms with van der Waals surface area (Å²) in [5.41, 5.74) is 5.74. The number of rotatable bonds is 6. The monoisotopic (exact) mass is 254 g/mol. The second-order valence-corrected chi connectivity index (χ2v) is 4.74. The molecule has 0 fully saturated rings. The van der Waals surface area contributed by atoms with Crippen molar-refractivity contribution >= 4 is 5.82 Å². The second kappa shape index (κ2) is 6.51. The zero-order chi connectivity index (χ0) is 13.7. The van der Waals surface area contributed by atoms with E-state index in [0.717, 1.165) is 0 Å². The van der Waals surface area contributed by atoms with Gasteiger partial charge in [-0.3, -0.25) is 4.79 Å². The fourth-order valence-electron chi connectivity index (χ4n) is 1.64. The zero-order valence-corrected chi connectivity index (χ0v) is 11.4. The van der Waals surface area contributed by atoms with E-state index in [0.29, 0.717) is 24.8 Å². The molecular weight excluding hydrogens is 232 g/mol. The van der Waals surface area contributed by atoms with Gasteiger partial charge in [-0.15, -0.1) is 0 Å². The molecule has 102 valence electrons. The van der Waals surface area contributed by atoms with Gasteiger partial charge in [0.25, 0.3) is 5.56 Å². The molecule has 1 aromatic heterocycles. The Bertz CT molecular complexity index is 430. The average molecular weight is 254 g/mol. The van der Waals surface area contributed by atoms with Crippen LogP contribution in [0.5, 0.6) is 0 Å². The van der Waals surface area contributed by atoms with Crippen molar-refractivity contribution in [2.75, 3.05) is 32.2 Å². The molecule has 0 spiro atoms. The fraction of sp³-hybridized carbons (Fsp3) is 0.667. The molecule has 0 amide bonds. The molecular formula is C12H22N4O2. The Hall–Kier alpha value is -1.40. The third kappa shape index (κ3) is 4.12. The number of hydrogen-bond donors (Lipinski definition) is 2. The summed E-state index contributed by atoms with van der Waals surface area (Å²) >= 11 is 0. The van der Waals surface area contributed by atoms with E-state index in [4.69, 9.17) is 10.5 Å². The minimum absolute atomic E-state index is 0.108. The van der Waals surface area contributed by atoms with Gasteiger partial charge in [0.05, 0.1) is 6.61 Å². The van der Waals surface area contributed by atoms with Crippen molar-refractivity contribution in [3.8, 4) is 0 Å². The predicted molar refractivity (Wildman–Crippen MR) is 72.1 cm³/mol. The smallest absolute Gasteiger partial charge is 0.252 e. The SMILES string of the molecule is COCC(N)CN(C)c1cc(=O)[nH]c(C(C)C)n1. The van der Waals surface area contributed by atoms with Gasteiger partial charge in [-0.2, -0.15) is 0 Å². The number of anilines is 1. The van der Waals surface area contributed by atoms with Crippen molar-refractivity contribution in [1.29, 1.82) is 0 Å². The molecule has 0 aliphatic rings. The van der Waals surface area contributed by atoms with E-state index in [1.165, 1.54) is 6.07 Å². The first-order valence-electron chi connectivity index (χ1n) is 6.01. The van der Waals surface area contributed by atoms with Gasteiger partial charge >= 0.3 is 0 Å². The highest BCUT2D eigenvalue weighted by Crippen LogP contribution is 2.11. The maximum atomic E-state index is 11.6. The second-order valence-electron chi connectivity index (χ2n) is 4.74. The molecule has 0 saturated heterocycles. The number of aromatic amines is 1. The van der Waals surface area contributed by atoms with Gasteiger partial charge in [0.2, 0.25) is 0 Å². The molecule has 3 N–H and O–H groups in total. The summed E-state index contributed by atoms with van der Waals surface area (Å²) < 4.78 is 4.99. The van der Waals surface area contributed by atoms with E-state index < -0.39 is 0 Å². The Kier molecular flexibility index (Phi) is 5.30. The molecule has 0 aromatic carbocycles. The van der Waals surface area contributed by atoms with Gasteiger partial charge in [0.15, 0.2) is 0 Å². The molecule has 1 heterocycles. The van der Waals surface area contributed by atoms with Crippen LogP contribution in [0, 0.1) is 0 Å². The molecule has 1 aromatic rings. The van der Waals surface area contributed by atoms with Crippen molar-refractivity contribution in [1.82, 2.24) is 9.97 Å². The first-order valence-corrected chi connectivity index (χ1v) is 6.01. The summed E-state index contributed by atoms with van der Waals surface area (Å²) in [7, 11) is 3.48. The Labute approximate surface area is 107 Å². The summed E-state index contributed by atoms with van der Waals surface area (Å²) in [6.45, 7) is 5.03. The summed E-state index contributed by atoms with van der Waals surface area (Å²) in [5.74, 6) is 1.50. The molecule has 1 atom stereocenters. The highest BCUT2D eigenvalue weighted by molar-refractivity contribution is 5.36. The molecule has 0 aliphatic heterocycles. The number of H-pyrrole nitrogens is 1. The van der Waals surface area contributed by atoms with Crippen LogP contribution >= 0.6 is 0 Å². The Morgan fingerprint density at radius 2 is 2.22 bits per heavy atom. The van der Waals surface area contributed by atoms with E-state index in [-0.39, 0.29) is 17.5 Å². The summed E-state index contributed by atoms with van der Waals surface area (Å²) in [5, 5.41) is 0. The van der Waals surface area contributed by atoms with Crippen LogP contribution in [-0.4, -0.2) is 43.3 Å². The molecule has 1 rings (SSSR count). The van der Waals surface area contributed by atoms with E-state index >= 15 is 0 Å². The number of likely N-dealkylation sites (N-methyl/N-ethyl adjacent to an activating group) is 1. The lowest BCUT2D eigenvalue weighted by atomic mass is 10.2. The molecule has 0 radical (unpaired) electrons. The number of aromatic nitrogens is 2. The van der Waals surface area contributed by atoms with Crippen LogP contribution in [0.4, 0.5) is 5.82 Å². The van der Waals surface area contributed by atoms with Gasteiger partial charge in [0.1, 0.15) is 11.6 Å². The maximum absolute atomic E-state index is 11.6. The summed E-state index contributed by atoms with van der Waals surface area (Å²) in [6.07, 6.45) is 0. The zero-order valence-electron chi connectivity index (χ0n) is 11.4. The van der Waals surface area contributed by atoms with Gasteiger partial charge in [-0.1, -0.05) is 13.8 Å². The fourth-order valence-corrected chi connectivity index (χ4v) is 1.64. The van der Waals surface area contributed by atoms with Crippen LogP contribution in [0.2, 0.25) is 0 Å². The lowest BCUT2D eigenvalue weighted by molar-refractivity contribution is 0.181. The van der Waals surface area contributed by atoms with Gasteiger partial charge < -0.3 is 20.4 Å². The van der Waals surface area contributed by atoms with Gasteiger partial charge in [0, 0.05) is 38.7 Å². The van der Waals surface area contributed by atoms with Gasteiger partial charge in [-0.25, -0.2) is 4.98 Å². The molecule has 1 unspecified atom stereocenters. The van der Waals surface area contributed by atoms with E-state index in [1.54, 1.807) is 7.11 Å². The lowest BCUT2D eigenvalue weighted by Crippen LogP contribution is -2.39. The van der Waals surface area contributed by atoms with E-state index in [2.05, 4.69) is 9.97 Å². The van der Waals surface area contributed by atoms with Crippen molar-refractivity contribution in [3.63, 3.8) is 0 Å².